The van der Waals surface area contributed by atoms with Crippen LogP contribution in [0.2, 0.25) is 0 Å². The minimum atomic E-state index is 0.0266. The zero-order chi connectivity index (χ0) is 10.7. The fourth-order valence-electron chi connectivity index (χ4n) is 2.25. The van der Waals surface area contributed by atoms with Gasteiger partial charge in [-0.25, -0.2) is 4.98 Å². The monoisotopic (exact) mass is 226 g/mol. The number of hydrogen-bond acceptors (Lipinski definition) is 4. The first-order chi connectivity index (χ1) is 7.24. The van der Waals surface area contributed by atoms with E-state index in [0.29, 0.717) is 0 Å². The Morgan fingerprint density at radius 1 is 1.67 bits per heavy atom. The van der Waals surface area contributed by atoms with Crippen molar-refractivity contribution in [3.8, 4) is 0 Å². The summed E-state index contributed by atoms with van der Waals surface area (Å²) >= 11 is 1.69. The molecular weight excluding hydrogens is 208 g/mol. The minimum Gasteiger partial charge on any atom is -0.396 e. The Labute approximate surface area is 94.5 Å². The summed E-state index contributed by atoms with van der Waals surface area (Å²) < 4.78 is 0. The van der Waals surface area contributed by atoms with Crippen molar-refractivity contribution in [2.45, 2.75) is 26.2 Å². The summed E-state index contributed by atoms with van der Waals surface area (Å²) in [4.78, 5) is 4.48. The molecule has 0 aliphatic carbocycles. The lowest BCUT2D eigenvalue weighted by Gasteiger charge is -2.35. The molecule has 1 aromatic heterocycles. The third-order valence-corrected chi connectivity index (χ3v) is 3.94. The minimum absolute atomic E-state index is 0.0266. The van der Waals surface area contributed by atoms with Crippen molar-refractivity contribution in [3.63, 3.8) is 0 Å². The molecule has 1 aliphatic heterocycles. The van der Waals surface area contributed by atoms with Gasteiger partial charge in [-0.1, -0.05) is 0 Å². The predicted octanol–water partition coefficient (Wildman–Crippen LogP) is 1.36. The molecule has 4 heteroatoms. The van der Waals surface area contributed by atoms with Crippen LogP contribution in [0.15, 0.2) is 5.38 Å². The molecule has 0 spiro atoms. The summed E-state index contributed by atoms with van der Waals surface area (Å²) in [7, 11) is 0. The molecule has 0 radical (unpaired) electrons. The van der Waals surface area contributed by atoms with Gasteiger partial charge in [-0.3, -0.25) is 0 Å². The van der Waals surface area contributed by atoms with Gasteiger partial charge >= 0.3 is 0 Å². The second-order valence-electron chi connectivity index (χ2n) is 4.47. The van der Waals surface area contributed by atoms with E-state index >= 15 is 0 Å². The van der Waals surface area contributed by atoms with Crippen molar-refractivity contribution >= 4 is 11.3 Å². The van der Waals surface area contributed by atoms with E-state index in [-0.39, 0.29) is 12.0 Å². The first-order valence-corrected chi connectivity index (χ1v) is 6.35. The molecule has 0 saturated carbocycles. The fraction of sp³-hybridized carbons (Fsp3) is 0.727. The fourth-order valence-corrected chi connectivity index (χ4v) is 2.86. The Kier molecular flexibility index (Phi) is 3.38. The summed E-state index contributed by atoms with van der Waals surface area (Å²) in [5.41, 5.74) is 1.16. The average molecular weight is 226 g/mol. The lowest BCUT2D eigenvalue weighted by molar-refractivity contribution is 0.0939. The van der Waals surface area contributed by atoms with Crippen molar-refractivity contribution in [1.82, 2.24) is 10.3 Å². The largest absolute Gasteiger partial charge is 0.396 e. The maximum atomic E-state index is 9.55. The Morgan fingerprint density at radius 2 is 2.53 bits per heavy atom. The zero-order valence-corrected chi connectivity index (χ0v) is 9.94. The molecule has 1 atom stereocenters. The van der Waals surface area contributed by atoms with E-state index in [0.717, 1.165) is 43.1 Å². The SMILES string of the molecule is Cc1nc(CC2(CO)CCCNC2)cs1. The Hall–Kier alpha value is -0.450. The summed E-state index contributed by atoms with van der Waals surface area (Å²) in [5.74, 6) is 0. The molecule has 2 rings (SSSR count). The van der Waals surface area contributed by atoms with Crippen LogP contribution < -0.4 is 5.32 Å². The molecule has 3 nitrogen and oxygen atoms in total. The lowest BCUT2D eigenvalue weighted by atomic mass is 9.78. The number of aryl methyl sites for hydroxylation is 1. The van der Waals surface area contributed by atoms with Gasteiger partial charge in [-0.15, -0.1) is 11.3 Å². The Morgan fingerprint density at radius 3 is 3.07 bits per heavy atom. The molecule has 0 amide bonds. The van der Waals surface area contributed by atoms with Crippen LogP contribution in [0.3, 0.4) is 0 Å². The van der Waals surface area contributed by atoms with E-state index in [9.17, 15) is 5.11 Å². The number of aliphatic hydroxyl groups excluding tert-OH is 1. The lowest BCUT2D eigenvalue weighted by Crippen LogP contribution is -2.44. The van der Waals surface area contributed by atoms with Crippen LogP contribution in [-0.4, -0.2) is 29.8 Å². The smallest absolute Gasteiger partial charge is 0.0897 e. The van der Waals surface area contributed by atoms with Crippen molar-refractivity contribution in [2.24, 2.45) is 5.41 Å². The first-order valence-electron chi connectivity index (χ1n) is 5.47. The quantitative estimate of drug-likeness (QED) is 0.818. The van der Waals surface area contributed by atoms with Gasteiger partial charge in [0.1, 0.15) is 0 Å². The highest BCUT2D eigenvalue weighted by Gasteiger charge is 2.32. The van der Waals surface area contributed by atoms with Crippen LogP contribution in [0.4, 0.5) is 0 Å². The van der Waals surface area contributed by atoms with Crippen LogP contribution in [0.25, 0.3) is 0 Å². The van der Waals surface area contributed by atoms with Gasteiger partial charge in [-0.2, -0.15) is 0 Å². The number of nitrogens with zero attached hydrogens (tertiary/aromatic N) is 1. The van der Waals surface area contributed by atoms with Gasteiger partial charge in [0.2, 0.25) is 0 Å². The molecule has 0 aromatic carbocycles. The normalized spacial score (nSPS) is 26.8. The number of nitrogens with one attached hydrogen (secondary N) is 1. The molecule has 1 aliphatic rings. The summed E-state index contributed by atoms with van der Waals surface area (Å²) in [5, 5.41) is 16.1. The Balaban J connectivity index is 2.06. The Bertz CT molecular complexity index is 318. The second kappa shape index (κ2) is 4.60. The average Bonchev–Trinajstić information content (AvgIpc) is 2.65. The summed E-state index contributed by atoms with van der Waals surface area (Å²) in [6.07, 6.45) is 3.16. The molecule has 1 fully saturated rings. The number of rotatable bonds is 3. The van der Waals surface area contributed by atoms with E-state index in [1.165, 1.54) is 0 Å². The van der Waals surface area contributed by atoms with Gasteiger partial charge in [-0.05, 0) is 32.7 Å². The molecule has 0 bridgehead atoms. The van der Waals surface area contributed by atoms with Gasteiger partial charge < -0.3 is 10.4 Å². The van der Waals surface area contributed by atoms with Gasteiger partial charge in [0.15, 0.2) is 0 Å². The molecule has 84 valence electrons. The summed E-state index contributed by atoms with van der Waals surface area (Å²) in [6.45, 7) is 4.29. The van der Waals surface area contributed by atoms with Crippen molar-refractivity contribution < 1.29 is 5.11 Å². The van der Waals surface area contributed by atoms with E-state index < -0.39 is 0 Å². The standard InChI is InChI=1S/C11H18N2OS/c1-9-13-10(6-15-9)5-11(8-14)3-2-4-12-7-11/h6,12,14H,2-5,7-8H2,1H3. The molecule has 1 saturated heterocycles. The third kappa shape index (κ3) is 2.56. The zero-order valence-electron chi connectivity index (χ0n) is 9.12. The van der Waals surface area contributed by atoms with Gasteiger partial charge in [0, 0.05) is 17.3 Å². The second-order valence-corrected chi connectivity index (χ2v) is 5.54. The highest BCUT2D eigenvalue weighted by molar-refractivity contribution is 7.09. The van der Waals surface area contributed by atoms with Crippen LogP contribution in [-0.2, 0) is 6.42 Å². The summed E-state index contributed by atoms with van der Waals surface area (Å²) in [6, 6.07) is 0. The van der Waals surface area contributed by atoms with E-state index in [1.54, 1.807) is 11.3 Å². The number of piperidine rings is 1. The predicted molar refractivity (Wildman–Crippen MR) is 62.2 cm³/mol. The van der Waals surface area contributed by atoms with E-state index in [1.807, 2.05) is 6.92 Å². The highest BCUT2D eigenvalue weighted by Crippen LogP contribution is 2.30. The number of aliphatic hydroxyl groups is 1. The van der Waals surface area contributed by atoms with E-state index in [4.69, 9.17) is 0 Å². The third-order valence-electron chi connectivity index (χ3n) is 3.12. The number of aromatic nitrogens is 1. The molecular formula is C11H18N2OS. The van der Waals surface area contributed by atoms with Gasteiger partial charge in [0.25, 0.3) is 0 Å². The van der Waals surface area contributed by atoms with Crippen molar-refractivity contribution in [1.29, 1.82) is 0 Å². The van der Waals surface area contributed by atoms with E-state index in [2.05, 4.69) is 15.7 Å². The number of thiazole rings is 1. The van der Waals surface area contributed by atoms with Gasteiger partial charge in [0.05, 0.1) is 17.3 Å². The highest BCUT2D eigenvalue weighted by atomic mass is 32.1. The topological polar surface area (TPSA) is 45.2 Å². The molecule has 2 heterocycles. The molecule has 1 unspecified atom stereocenters. The van der Waals surface area contributed by atoms with Crippen LogP contribution in [0.1, 0.15) is 23.5 Å². The number of hydrogen-bond donors (Lipinski definition) is 2. The van der Waals surface area contributed by atoms with Crippen molar-refractivity contribution in [2.75, 3.05) is 19.7 Å². The first kappa shape index (κ1) is 11.0. The molecule has 1 aromatic rings. The maximum absolute atomic E-state index is 9.55. The molecule has 2 N–H and O–H groups in total. The van der Waals surface area contributed by atoms with Crippen LogP contribution in [0, 0.1) is 12.3 Å². The maximum Gasteiger partial charge on any atom is 0.0897 e. The van der Waals surface area contributed by atoms with Crippen molar-refractivity contribution in [3.05, 3.63) is 16.1 Å². The van der Waals surface area contributed by atoms with Crippen LogP contribution in [0.5, 0.6) is 0 Å². The molecule has 15 heavy (non-hydrogen) atoms. The van der Waals surface area contributed by atoms with Crippen LogP contribution >= 0.6 is 11.3 Å².